The van der Waals surface area contributed by atoms with Crippen LogP contribution < -0.4 is 10.1 Å². The van der Waals surface area contributed by atoms with Crippen LogP contribution in [0.1, 0.15) is 50.5 Å². The van der Waals surface area contributed by atoms with E-state index in [-0.39, 0.29) is 23.9 Å². The summed E-state index contributed by atoms with van der Waals surface area (Å²) in [4.78, 5) is 26.5. The third-order valence-electron chi connectivity index (χ3n) is 5.00. The number of rotatable bonds is 6. The monoisotopic (exact) mass is 330 g/mol. The highest BCUT2D eigenvalue weighted by Crippen LogP contribution is 2.44. The minimum atomic E-state index is -0.289. The summed E-state index contributed by atoms with van der Waals surface area (Å²) in [5.74, 6) is 1.29. The Labute approximate surface area is 143 Å². The maximum atomic E-state index is 12.6. The van der Waals surface area contributed by atoms with Gasteiger partial charge in [0.15, 0.2) is 0 Å². The molecule has 1 heterocycles. The quantitative estimate of drug-likeness (QED) is 0.872. The molecule has 1 saturated carbocycles. The summed E-state index contributed by atoms with van der Waals surface area (Å²) < 4.78 is 5.41. The first-order valence-electron chi connectivity index (χ1n) is 8.88. The molecule has 3 unspecified atom stereocenters. The van der Waals surface area contributed by atoms with Crippen molar-refractivity contribution in [2.75, 3.05) is 13.7 Å². The molecule has 2 aliphatic rings. The highest BCUT2D eigenvalue weighted by atomic mass is 16.5. The molecule has 1 aliphatic heterocycles. The standard InChI is InChI=1S/C19H26N2O3/c1-3-7-18(22)21-11-6-9-16(21)19(23)20-15-12-14(15)13-8-4-5-10-17(13)24-2/h4-5,8,10,14-16H,3,6-7,9,11-12H2,1-2H3,(H,20,23). The molecule has 1 aromatic carbocycles. The van der Waals surface area contributed by atoms with Gasteiger partial charge >= 0.3 is 0 Å². The van der Waals surface area contributed by atoms with Gasteiger partial charge in [0.25, 0.3) is 0 Å². The zero-order valence-electron chi connectivity index (χ0n) is 14.5. The lowest BCUT2D eigenvalue weighted by Crippen LogP contribution is -2.46. The first kappa shape index (κ1) is 16.8. The summed E-state index contributed by atoms with van der Waals surface area (Å²) in [5.41, 5.74) is 1.15. The van der Waals surface area contributed by atoms with Crippen LogP contribution in [-0.2, 0) is 9.59 Å². The third-order valence-corrected chi connectivity index (χ3v) is 5.00. The molecule has 3 atom stereocenters. The lowest BCUT2D eigenvalue weighted by molar-refractivity contribution is -0.138. The van der Waals surface area contributed by atoms with Gasteiger partial charge in [0.05, 0.1) is 7.11 Å². The fourth-order valence-electron chi connectivity index (χ4n) is 3.65. The summed E-state index contributed by atoms with van der Waals surface area (Å²) in [6, 6.07) is 7.82. The van der Waals surface area contributed by atoms with Gasteiger partial charge in [-0.15, -0.1) is 0 Å². The fourth-order valence-corrected chi connectivity index (χ4v) is 3.65. The molecule has 5 heteroatoms. The lowest BCUT2D eigenvalue weighted by Gasteiger charge is -2.24. The van der Waals surface area contributed by atoms with Gasteiger partial charge in [0.1, 0.15) is 11.8 Å². The summed E-state index contributed by atoms with van der Waals surface area (Å²) >= 11 is 0. The predicted octanol–water partition coefficient (Wildman–Crippen LogP) is 2.46. The first-order chi connectivity index (χ1) is 11.7. The molecule has 1 aromatic rings. The minimum absolute atomic E-state index is 0.000601. The van der Waals surface area contributed by atoms with Gasteiger partial charge in [-0.05, 0) is 37.3 Å². The van der Waals surface area contributed by atoms with Crippen molar-refractivity contribution in [3.8, 4) is 5.75 Å². The number of para-hydroxylation sites is 1. The van der Waals surface area contributed by atoms with E-state index in [0.717, 1.165) is 37.0 Å². The Morgan fingerprint density at radius 2 is 2.12 bits per heavy atom. The van der Waals surface area contributed by atoms with E-state index in [1.807, 2.05) is 25.1 Å². The molecule has 0 bridgehead atoms. The molecular formula is C19H26N2O3. The van der Waals surface area contributed by atoms with E-state index < -0.39 is 0 Å². The molecule has 2 fully saturated rings. The maximum absolute atomic E-state index is 12.6. The number of nitrogens with one attached hydrogen (secondary N) is 1. The van der Waals surface area contributed by atoms with E-state index in [9.17, 15) is 9.59 Å². The number of hydrogen-bond donors (Lipinski definition) is 1. The molecule has 5 nitrogen and oxygen atoms in total. The minimum Gasteiger partial charge on any atom is -0.496 e. The topological polar surface area (TPSA) is 58.6 Å². The largest absolute Gasteiger partial charge is 0.496 e. The van der Waals surface area contributed by atoms with E-state index in [1.54, 1.807) is 12.0 Å². The van der Waals surface area contributed by atoms with E-state index in [0.29, 0.717) is 18.9 Å². The molecule has 130 valence electrons. The number of benzene rings is 1. The zero-order valence-corrected chi connectivity index (χ0v) is 14.5. The highest BCUT2D eigenvalue weighted by molar-refractivity contribution is 5.88. The van der Waals surface area contributed by atoms with Crippen molar-refractivity contribution in [3.05, 3.63) is 29.8 Å². The molecule has 0 aromatic heterocycles. The Bertz CT molecular complexity index is 616. The second-order valence-corrected chi connectivity index (χ2v) is 6.69. The second-order valence-electron chi connectivity index (χ2n) is 6.69. The van der Waals surface area contributed by atoms with Gasteiger partial charge in [-0.2, -0.15) is 0 Å². The number of nitrogens with zero attached hydrogens (tertiary/aromatic N) is 1. The van der Waals surface area contributed by atoms with Crippen LogP contribution in [0, 0.1) is 0 Å². The van der Waals surface area contributed by atoms with Crippen LogP contribution in [0.3, 0.4) is 0 Å². The third kappa shape index (κ3) is 3.40. The van der Waals surface area contributed by atoms with Gasteiger partial charge in [0, 0.05) is 24.9 Å². The van der Waals surface area contributed by atoms with Gasteiger partial charge in [-0.3, -0.25) is 9.59 Å². The van der Waals surface area contributed by atoms with Gasteiger partial charge in [-0.25, -0.2) is 0 Å². The van der Waals surface area contributed by atoms with Crippen molar-refractivity contribution in [3.63, 3.8) is 0 Å². The number of hydrogen-bond acceptors (Lipinski definition) is 3. The van der Waals surface area contributed by atoms with Crippen molar-refractivity contribution >= 4 is 11.8 Å². The van der Waals surface area contributed by atoms with Crippen molar-refractivity contribution < 1.29 is 14.3 Å². The van der Waals surface area contributed by atoms with E-state index in [2.05, 4.69) is 11.4 Å². The second kappa shape index (κ2) is 7.24. The lowest BCUT2D eigenvalue weighted by atomic mass is 10.1. The van der Waals surface area contributed by atoms with Crippen LogP contribution in [-0.4, -0.2) is 42.5 Å². The van der Waals surface area contributed by atoms with Crippen LogP contribution in [0.5, 0.6) is 5.75 Å². The SMILES string of the molecule is CCCC(=O)N1CCCC1C(=O)NC1CC1c1ccccc1OC. The Morgan fingerprint density at radius 3 is 2.88 bits per heavy atom. The number of likely N-dealkylation sites (tertiary alicyclic amines) is 1. The molecule has 1 N–H and O–H groups in total. The summed E-state index contributed by atoms with van der Waals surface area (Å²) in [6.07, 6.45) is 3.96. The first-order valence-corrected chi connectivity index (χ1v) is 8.88. The van der Waals surface area contributed by atoms with Crippen molar-refractivity contribution in [2.24, 2.45) is 0 Å². The van der Waals surface area contributed by atoms with Gasteiger partial charge in [-0.1, -0.05) is 25.1 Å². The molecule has 2 amide bonds. The number of methoxy groups -OCH3 is 1. The normalized spacial score (nSPS) is 25.4. The van der Waals surface area contributed by atoms with Gasteiger partial charge < -0.3 is 15.0 Å². The molecule has 0 spiro atoms. The maximum Gasteiger partial charge on any atom is 0.243 e. The van der Waals surface area contributed by atoms with Crippen LogP contribution in [0.25, 0.3) is 0 Å². The highest BCUT2D eigenvalue weighted by Gasteiger charge is 2.43. The van der Waals surface area contributed by atoms with Crippen molar-refractivity contribution in [1.82, 2.24) is 10.2 Å². The van der Waals surface area contributed by atoms with E-state index in [4.69, 9.17) is 4.74 Å². The Balaban J connectivity index is 1.59. The molecule has 0 radical (unpaired) electrons. The van der Waals surface area contributed by atoms with Crippen molar-refractivity contribution in [1.29, 1.82) is 0 Å². The predicted molar refractivity (Wildman–Crippen MR) is 91.9 cm³/mol. The number of carbonyl (C=O) groups is 2. The van der Waals surface area contributed by atoms with Gasteiger partial charge in [0.2, 0.25) is 11.8 Å². The molecule has 3 rings (SSSR count). The number of carbonyl (C=O) groups excluding carboxylic acids is 2. The number of ether oxygens (including phenoxy) is 1. The van der Waals surface area contributed by atoms with E-state index >= 15 is 0 Å². The Kier molecular flexibility index (Phi) is 5.07. The summed E-state index contributed by atoms with van der Waals surface area (Å²) in [5, 5.41) is 3.13. The zero-order chi connectivity index (χ0) is 17.1. The summed E-state index contributed by atoms with van der Waals surface area (Å²) in [7, 11) is 1.67. The van der Waals surface area contributed by atoms with Crippen molar-refractivity contribution in [2.45, 2.75) is 57.0 Å². The smallest absolute Gasteiger partial charge is 0.243 e. The van der Waals surface area contributed by atoms with E-state index in [1.165, 1.54) is 0 Å². The van der Waals surface area contributed by atoms with Crippen LogP contribution in [0.15, 0.2) is 24.3 Å². The number of amides is 2. The average molecular weight is 330 g/mol. The fraction of sp³-hybridized carbons (Fsp3) is 0.579. The van der Waals surface area contributed by atoms with Crippen LogP contribution in [0.2, 0.25) is 0 Å². The average Bonchev–Trinajstić information content (AvgIpc) is 3.16. The Morgan fingerprint density at radius 1 is 1.33 bits per heavy atom. The molecule has 24 heavy (non-hydrogen) atoms. The molecule has 1 aliphatic carbocycles. The molecule has 1 saturated heterocycles. The molecular weight excluding hydrogens is 304 g/mol. The summed E-state index contributed by atoms with van der Waals surface area (Å²) in [6.45, 7) is 2.70. The Hall–Kier alpha value is -2.04. The van der Waals surface area contributed by atoms with Crippen LogP contribution >= 0.6 is 0 Å². The van der Waals surface area contributed by atoms with Crippen LogP contribution in [0.4, 0.5) is 0 Å².